The van der Waals surface area contributed by atoms with Crippen molar-refractivity contribution in [3.05, 3.63) is 70.5 Å². The molecular formula is C42H52N4O4. The summed E-state index contributed by atoms with van der Waals surface area (Å²) < 4.78 is 11.3. The molecule has 50 heavy (non-hydrogen) atoms. The predicted molar refractivity (Wildman–Crippen MR) is 195 cm³/mol. The number of likely N-dealkylation sites (N-methyl/N-ethyl adjacent to an activating group) is 1. The van der Waals surface area contributed by atoms with Crippen molar-refractivity contribution >= 4 is 33.7 Å². The molecule has 8 heteroatoms. The van der Waals surface area contributed by atoms with Gasteiger partial charge in [-0.15, -0.1) is 0 Å². The van der Waals surface area contributed by atoms with Crippen LogP contribution >= 0.6 is 0 Å². The molecule has 2 aromatic heterocycles. The molecule has 0 radical (unpaired) electrons. The van der Waals surface area contributed by atoms with E-state index in [-0.39, 0.29) is 41.8 Å². The highest BCUT2D eigenvalue weighted by Gasteiger charge is 2.62. The highest BCUT2D eigenvalue weighted by Crippen LogP contribution is 2.56. The fourth-order valence-corrected chi connectivity index (χ4v) is 12.2. The number of benzene rings is 2. The number of likely N-dealkylation sites (tertiary alicyclic amines) is 1. The van der Waals surface area contributed by atoms with Crippen LogP contribution in [0.1, 0.15) is 79.9 Å². The number of nitrogens with one attached hydrogen (secondary N) is 2. The fourth-order valence-electron chi connectivity index (χ4n) is 12.2. The molecule has 4 aromatic rings. The monoisotopic (exact) mass is 676 g/mol. The van der Waals surface area contributed by atoms with Crippen LogP contribution in [0.4, 0.5) is 0 Å². The number of esters is 2. The minimum atomic E-state index is -0.669. The number of nitrogens with zero attached hydrogens (tertiary/aromatic N) is 2. The summed E-state index contributed by atoms with van der Waals surface area (Å²) in [6, 6.07) is 15.9. The number of aromatic amines is 2. The first-order valence-electron chi connectivity index (χ1n) is 19.2. The minimum absolute atomic E-state index is 0.0788. The van der Waals surface area contributed by atoms with Gasteiger partial charge in [-0.1, -0.05) is 57.0 Å². The van der Waals surface area contributed by atoms with E-state index in [0.29, 0.717) is 17.8 Å². The molecule has 2 N–H and O–H groups in total. The number of para-hydroxylation sites is 1. The molecule has 0 spiro atoms. The highest BCUT2D eigenvalue weighted by molar-refractivity contribution is 5.92. The van der Waals surface area contributed by atoms with Crippen LogP contribution in [0.15, 0.2) is 42.5 Å². The number of carbonyl (C=O) groups excluding carboxylic acids is 2. The normalized spacial score (nSPS) is 34.8. The van der Waals surface area contributed by atoms with E-state index in [9.17, 15) is 9.59 Å². The molecule has 0 amide bonds. The zero-order valence-electron chi connectivity index (χ0n) is 30.3. The van der Waals surface area contributed by atoms with Crippen molar-refractivity contribution in [3.63, 3.8) is 0 Å². The second kappa shape index (κ2) is 12.0. The van der Waals surface area contributed by atoms with Crippen LogP contribution in [0, 0.1) is 29.6 Å². The lowest BCUT2D eigenvalue weighted by Crippen LogP contribution is -2.67. The molecule has 8 nitrogen and oxygen atoms in total. The molecule has 6 heterocycles. The number of hydrogen-bond acceptors (Lipinski definition) is 6. The number of rotatable bonds is 5. The molecule has 7 unspecified atom stereocenters. The maximum absolute atomic E-state index is 14.1. The van der Waals surface area contributed by atoms with Crippen molar-refractivity contribution in [2.45, 2.75) is 82.2 Å². The number of methoxy groups -OCH3 is 2. The van der Waals surface area contributed by atoms with E-state index < -0.39 is 5.41 Å². The second-order valence-electron chi connectivity index (χ2n) is 16.4. The summed E-state index contributed by atoms with van der Waals surface area (Å²) in [7, 11) is 5.31. The summed E-state index contributed by atoms with van der Waals surface area (Å²) in [5, 5.41) is 2.47. The Labute approximate surface area is 295 Å². The lowest BCUT2D eigenvalue weighted by molar-refractivity contribution is -0.162. The van der Waals surface area contributed by atoms with Crippen molar-refractivity contribution in [1.29, 1.82) is 0 Å². The molecule has 2 aliphatic carbocycles. The van der Waals surface area contributed by atoms with Gasteiger partial charge < -0.3 is 24.3 Å². The number of H-pyrrole nitrogens is 2. The van der Waals surface area contributed by atoms with Gasteiger partial charge in [0, 0.05) is 70.8 Å². The number of hydrogen-bond donors (Lipinski definition) is 2. The molecule has 1 saturated carbocycles. The van der Waals surface area contributed by atoms with Crippen molar-refractivity contribution in [1.82, 2.24) is 19.8 Å². The average Bonchev–Trinajstić information content (AvgIpc) is 3.67. The van der Waals surface area contributed by atoms with Crippen LogP contribution in [-0.4, -0.2) is 84.7 Å². The lowest BCUT2D eigenvalue weighted by Gasteiger charge is -2.57. The van der Waals surface area contributed by atoms with Gasteiger partial charge >= 0.3 is 11.9 Å². The third-order valence-corrected chi connectivity index (χ3v) is 14.3. The third-order valence-electron chi connectivity index (χ3n) is 14.3. The Morgan fingerprint density at radius 1 is 0.920 bits per heavy atom. The predicted octanol–water partition coefficient (Wildman–Crippen LogP) is 6.56. The molecule has 10 atom stereocenters. The number of carbonyl (C=O) groups is 2. The van der Waals surface area contributed by atoms with E-state index in [4.69, 9.17) is 9.47 Å². The standard InChI is InChI=1S/C42H52N4O4/c1-6-24-16-23-20-42(41(48)50-5)38-29(14-15-46(21-23)39(24)42)28-13-12-26(17-34(28)44-38)31-18-30-25(7-2)22-45(3)35(36(30)40(47)49-4)19-32-27-10-8-9-11-33(27)43-37(31)32/h8-13,17,23-25,30-31,35-36,39,43-44H,6-7,14-16,18-22H2,1-5H3/t23?,24-,25?,30?,31+,35?,36?,39?,42+/m0/s1. The smallest absolute Gasteiger partial charge is 0.319 e. The second-order valence-corrected chi connectivity index (χ2v) is 16.4. The van der Waals surface area contributed by atoms with E-state index >= 15 is 0 Å². The summed E-state index contributed by atoms with van der Waals surface area (Å²) in [5.41, 5.74) is 7.83. The molecular weight excluding hydrogens is 624 g/mol. The van der Waals surface area contributed by atoms with E-state index in [1.807, 2.05) is 0 Å². The summed E-state index contributed by atoms with van der Waals surface area (Å²) in [5.74, 6) is 1.32. The van der Waals surface area contributed by atoms with E-state index in [1.54, 1.807) is 14.2 Å². The van der Waals surface area contributed by atoms with Crippen LogP contribution in [-0.2, 0) is 37.3 Å². The summed E-state index contributed by atoms with van der Waals surface area (Å²) >= 11 is 0. The van der Waals surface area contributed by atoms with Crippen LogP contribution in [0.25, 0.3) is 21.8 Å². The Bertz CT molecular complexity index is 1980. The van der Waals surface area contributed by atoms with Gasteiger partial charge in [-0.25, -0.2) is 0 Å². The van der Waals surface area contributed by atoms with Crippen molar-refractivity contribution in [2.75, 3.05) is 40.9 Å². The van der Waals surface area contributed by atoms with Gasteiger partial charge in [0.2, 0.25) is 0 Å². The first kappa shape index (κ1) is 32.3. The molecule has 264 valence electrons. The van der Waals surface area contributed by atoms with Gasteiger partial charge in [-0.2, -0.15) is 0 Å². The van der Waals surface area contributed by atoms with Gasteiger partial charge in [0.15, 0.2) is 0 Å². The molecule has 2 aromatic carbocycles. The van der Waals surface area contributed by atoms with Gasteiger partial charge in [0.05, 0.1) is 20.1 Å². The first-order chi connectivity index (χ1) is 24.3. The first-order valence-corrected chi connectivity index (χ1v) is 19.2. The molecule has 4 aliphatic heterocycles. The summed E-state index contributed by atoms with van der Waals surface area (Å²) in [6.07, 6.45) is 6.77. The SMILES string of the molecule is CCC1CN(C)C2Cc3c([nH]c4ccccc34)[C@@H](c3ccc4c5c([nH]c4c3)[C@]3(C(=O)OC)CC4C[C@H](CC)C3N(CC5)C4)CC1C2C(=O)OC. The molecule has 6 bridgehead atoms. The van der Waals surface area contributed by atoms with Crippen molar-refractivity contribution < 1.29 is 19.1 Å². The zero-order chi connectivity index (χ0) is 34.5. The maximum atomic E-state index is 14.1. The van der Waals surface area contributed by atoms with Crippen molar-refractivity contribution in [3.8, 4) is 0 Å². The molecule has 3 saturated heterocycles. The Morgan fingerprint density at radius 3 is 2.50 bits per heavy atom. The van der Waals surface area contributed by atoms with Gasteiger partial charge in [0.25, 0.3) is 0 Å². The van der Waals surface area contributed by atoms with Crippen molar-refractivity contribution in [2.24, 2.45) is 29.6 Å². The van der Waals surface area contributed by atoms with Gasteiger partial charge in [-0.3, -0.25) is 14.5 Å². The summed E-state index contributed by atoms with van der Waals surface area (Å²) in [4.78, 5) is 40.7. The number of piperidine rings is 3. The molecule has 4 fully saturated rings. The zero-order valence-corrected chi connectivity index (χ0v) is 30.3. The Morgan fingerprint density at radius 2 is 1.72 bits per heavy atom. The Hall–Kier alpha value is -3.62. The number of ether oxygens (including phenoxy) is 2. The van der Waals surface area contributed by atoms with Crippen LogP contribution in [0.5, 0.6) is 0 Å². The Balaban J connectivity index is 1.22. The lowest BCUT2D eigenvalue weighted by atomic mass is 9.56. The maximum Gasteiger partial charge on any atom is 0.319 e. The largest absolute Gasteiger partial charge is 0.469 e. The van der Waals surface area contributed by atoms with Crippen LogP contribution in [0.2, 0.25) is 0 Å². The molecule has 10 rings (SSSR count). The number of fused-ring (bicyclic) bond motifs is 9. The molecule has 6 aliphatic rings. The summed E-state index contributed by atoms with van der Waals surface area (Å²) in [6.45, 7) is 7.61. The van der Waals surface area contributed by atoms with Gasteiger partial charge in [-0.05, 0) is 91.6 Å². The third kappa shape index (κ3) is 4.49. The van der Waals surface area contributed by atoms with Crippen LogP contribution < -0.4 is 0 Å². The van der Waals surface area contributed by atoms with Crippen LogP contribution in [0.3, 0.4) is 0 Å². The minimum Gasteiger partial charge on any atom is -0.469 e. The highest BCUT2D eigenvalue weighted by atomic mass is 16.5. The quantitative estimate of drug-likeness (QED) is 0.233. The van der Waals surface area contributed by atoms with Gasteiger partial charge in [0.1, 0.15) is 5.41 Å². The average molecular weight is 677 g/mol. The number of aromatic nitrogens is 2. The van der Waals surface area contributed by atoms with E-state index in [2.05, 4.69) is 83.1 Å². The fraction of sp³-hybridized carbons (Fsp3) is 0.571. The Kier molecular flexibility index (Phi) is 7.74. The van der Waals surface area contributed by atoms with E-state index in [1.165, 1.54) is 39.6 Å². The topological polar surface area (TPSA) is 90.7 Å². The van der Waals surface area contributed by atoms with E-state index in [0.717, 1.165) is 74.9 Å².